The van der Waals surface area contributed by atoms with Crippen molar-refractivity contribution in [3.8, 4) is 5.75 Å². The van der Waals surface area contributed by atoms with Crippen molar-refractivity contribution in [1.29, 1.82) is 0 Å². The summed E-state index contributed by atoms with van der Waals surface area (Å²) < 4.78 is 18.0. The van der Waals surface area contributed by atoms with Crippen molar-refractivity contribution in [3.63, 3.8) is 0 Å². The number of anilines is 1. The Hall–Kier alpha value is -1.73. The molecule has 4 heteroatoms. The first-order valence-electron chi connectivity index (χ1n) is 7.11. The van der Waals surface area contributed by atoms with Crippen molar-refractivity contribution in [2.45, 2.75) is 19.8 Å². The van der Waals surface area contributed by atoms with E-state index in [1.165, 1.54) is 5.56 Å². The molecule has 2 rings (SSSR count). The Balaban J connectivity index is 1.93. The molecule has 0 amide bonds. The van der Waals surface area contributed by atoms with E-state index in [1.54, 1.807) is 6.66 Å². The van der Waals surface area contributed by atoms with Crippen LogP contribution in [0.1, 0.15) is 25.3 Å². The fraction of sp³-hybridized carbons (Fsp3) is 0.294. The average molecular weight is 303 g/mol. The van der Waals surface area contributed by atoms with E-state index in [2.05, 4.69) is 31.3 Å². The highest BCUT2D eigenvalue weighted by molar-refractivity contribution is 7.58. The summed E-state index contributed by atoms with van der Waals surface area (Å²) in [5.41, 5.74) is 2.25. The normalized spacial score (nSPS) is 13.7. The molecule has 0 aromatic heterocycles. The molecule has 0 radical (unpaired) electrons. The van der Waals surface area contributed by atoms with Crippen molar-refractivity contribution in [3.05, 3.63) is 60.2 Å². The van der Waals surface area contributed by atoms with Gasteiger partial charge in [0.15, 0.2) is 0 Å². The Kier molecular flexibility index (Phi) is 5.08. The zero-order valence-electron chi connectivity index (χ0n) is 12.7. The molecule has 2 aromatic rings. The zero-order chi connectivity index (χ0) is 15.3. The minimum absolute atomic E-state index is 0.308. The largest absolute Gasteiger partial charge is 0.442 e. The van der Waals surface area contributed by atoms with Gasteiger partial charge in [-0.15, -0.1) is 0 Å². The fourth-order valence-corrected chi connectivity index (χ4v) is 3.06. The van der Waals surface area contributed by atoms with E-state index in [-0.39, 0.29) is 0 Å². The summed E-state index contributed by atoms with van der Waals surface area (Å²) >= 11 is 0. The molecule has 2 aromatic carbocycles. The second kappa shape index (κ2) is 6.82. The van der Waals surface area contributed by atoms with Crippen molar-refractivity contribution < 1.29 is 9.09 Å². The lowest BCUT2D eigenvalue weighted by atomic mass is 10.0. The fourth-order valence-electron chi connectivity index (χ4n) is 1.96. The number of benzene rings is 2. The van der Waals surface area contributed by atoms with Gasteiger partial charge in [-0.2, -0.15) is 0 Å². The van der Waals surface area contributed by atoms with Crippen LogP contribution in [0.2, 0.25) is 0 Å². The molecule has 112 valence electrons. The van der Waals surface area contributed by atoms with Crippen LogP contribution in [0.25, 0.3) is 0 Å². The van der Waals surface area contributed by atoms with Gasteiger partial charge in [-0.25, -0.2) is 0 Å². The first-order chi connectivity index (χ1) is 9.96. The van der Waals surface area contributed by atoms with Crippen LogP contribution in [0, 0.1) is 0 Å². The number of hydrogen-bond donors (Lipinski definition) is 1. The van der Waals surface area contributed by atoms with Gasteiger partial charge in [-0.1, -0.05) is 44.2 Å². The van der Waals surface area contributed by atoms with Crippen LogP contribution in [0.15, 0.2) is 54.6 Å². The highest BCUT2D eigenvalue weighted by atomic mass is 31.2. The molecule has 0 aliphatic carbocycles. The lowest BCUT2D eigenvalue weighted by molar-refractivity contribution is 0.489. The number of hydrogen-bond acceptors (Lipinski definition) is 3. The van der Waals surface area contributed by atoms with E-state index in [4.69, 9.17) is 4.52 Å². The van der Waals surface area contributed by atoms with Gasteiger partial charge < -0.3 is 9.84 Å². The number of nitrogens with one attached hydrogen (secondary N) is 1. The van der Waals surface area contributed by atoms with Gasteiger partial charge in [0, 0.05) is 12.4 Å². The first kappa shape index (κ1) is 15.7. The topological polar surface area (TPSA) is 38.3 Å². The summed E-state index contributed by atoms with van der Waals surface area (Å²) in [5, 5.41) is 3.18. The summed E-state index contributed by atoms with van der Waals surface area (Å²) in [6.07, 6.45) is 0.308. The predicted octanol–water partition coefficient (Wildman–Crippen LogP) is 5.17. The summed E-state index contributed by atoms with van der Waals surface area (Å²) in [6, 6.07) is 17.5. The summed E-state index contributed by atoms with van der Waals surface area (Å²) in [7, 11) is -2.72. The van der Waals surface area contributed by atoms with Crippen molar-refractivity contribution in [1.82, 2.24) is 0 Å². The van der Waals surface area contributed by atoms with Crippen molar-refractivity contribution in [2.75, 3.05) is 18.3 Å². The van der Waals surface area contributed by atoms with E-state index < -0.39 is 7.37 Å². The second-order valence-electron chi connectivity index (χ2n) is 5.53. The highest BCUT2D eigenvalue weighted by Crippen LogP contribution is 2.42. The van der Waals surface area contributed by atoms with Gasteiger partial charge in [0.25, 0.3) is 7.37 Å². The van der Waals surface area contributed by atoms with Crippen LogP contribution in [-0.2, 0) is 4.57 Å². The van der Waals surface area contributed by atoms with E-state index in [1.807, 2.05) is 42.5 Å². The molecule has 21 heavy (non-hydrogen) atoms. The molecule has 3 nitrogen and oxygen atoms in total. The minimum Gasteiger partial charge on any atom is -0.442 e. The van der Waals surface area contributed by atoms with E-state index in [0.717, 1.165) is 5.69 Å². The number of para-hydroxylation sites is 1. The third-order valence-electron chi connectivity index (χ3n) is 3.19. The van der Waals surface area contributed by atoms with Gasteiger partial charge in [0.1, 0.15) is 12.0 Å². The maximum atomic E-state index is 12.4. The maximum absolute atomic E-state index is 12.4. The second-order valence-corrected chi connectivity index (χ2v) is 8.06. The van der Waals surface area contributed by atoms with Gasteiger partial charge in [0.05, 0.1) is 0 Å². The third kappa shape index (κ3) is 4.95. The number of rotatable bonds is 6. The van der Waals surface area contributed by atoms with Crippen LogP contribution in [0.5, 0.6) is 5.75 Å². The molecule has 0 heterocycles. The Morgan fingerprint density at radius 2 is 1.67 bits per heavy atom. The Bertz CT molecular complexity index is 608. The molecule has 0 aliphatic rings. The SMILES string of the molecule is CC(C)c1ccc(NCP(C)(=O)Oc2ccccc2)cc1. The highest BCUT2D eigenvalue weighted by Gasteiger charge is 2.17. The summed E-state index contributed by atoms with van der Waals surface area (Å²) in [5.74, 6) is 1.15. The monoisotopic (exact) mass is 303 g/mol. The molecule has 1 N–H and O–H groups in total. The van der Waals surface area contributed by atoms with Gasteiger partial charge in [0.2, 0.25) is 0 Å². The molecule has 1 unspecified atom stereocenters. The Morgan fingerprint density at radius 1 is 1.05 bits per heavy atom. The quantitative estimate of drug-likeness (QED) is 0.748. The predicted molar refractivity (Wildman–Crippen MR) is 89.6 cm³/mol. The molecule has 0 aliphatic heterocycles. The van der Waals surface area contributed by atoms with Gasteiger partial charge >= 0.3 is 0 Å². The lowest BCUT2D eigenvalue weighted by Gasteiger charge is -2.17. The first-order valence-corrected chi connectivity index (χ1v) is 9.37. The smallest absolute Gasteiger partial charge is 0.263 e. The summed E-state index contributed by atoms with van der Waals surface area (Å²) in [6.45, 7) is 5.97. The lowest BCUT2D eigenvalue weighted by Crippen LogP contribution is -2.06. The van der Waals surface area contributed by atoms with Gasteiger partial charge in [-0.3, -0.25) is 4.57 Å². The van der Waals surface area contributed by atoms with Crippen LogP contribution in [0.4, 0.5) is 5.69 Å². The van der Waals surface area contributed by atoms with E-state index in [9.17, 15) is 4.57 Å². The minimum atomic E-state index is -2.72. The Morgan fingerprint density at radius 3 is 2.24 bits per heavy atom. The Labute approximate surface area is 126 Å². The van der Waals surface area contributed by atoms with Crippen LogP contribution >= 0.6 is 7.37 Å². The molecular weight excluding hydrogens is 281 g/mol. The molecule has 0 saturated heterocycles. The van der Waals surface area contributed by atoms with E-state index in [0.29, 0.717) is 18.0 Å². The van der Waals surface area contributed by atoms with Crippen molar-refractivity contribution >= 4 is 13.1 Å². The standard InChI is InChI=1S/C17H22NO2P/c1-14(2)15-9-11-16(12-10-15)18-13-21(3,19)20-17-7-5-4-6-8-17/h4-12,14,18H,13H2,1-3H3. The molecule has 0 fully saturated rings. The molecule has 0 spiro atoms. The maximum Gasteiger partial charge on any atom is 0.263 e. The molecule has 0 bridgehead atoms. The van der Waals surface area contributed by atoms with Crippen LogP contribution < -0.4 is 9.84 Å². The molecule has 1 atom stereocenters. The average Bonchev–Trinajstić information content (AvgIpc) is 2.46. The summed E-state index contributed by atoms with van der Waals surface area (Å²) in [4.78, 5) is 0. The molecular formula is C17H22NO2P. The molecule has 0 saturated carbocycles. The van der Waals surface area contributed by atoms with Crippen LogP contribution in [-0.4, -0.2) is 13.0 Å². The van der Waals surface area contributed by atoms with E-state index >= 15 is 0 Å². The van der Waals surface area contributed by atoms with Crippen LogP contribution in [0.3, 0.4) is 0 Å². The van der Waals surface area contributed by atoms with Gasteiger partial charge in [-0.05, 0) is 35.7 Å². The van der Waals surface area contributed by atoms with Crippen molar-refractivity contribution in [2.24, 2.45) is 0 Å². The zero-order valence-corrected chi connectivity index (χ0v) is 13.6. The third-order valence-corrected chi connectivity index (χ3v) is 4.52.